The fraction of sp³-hybridized carbons (Fsp3) is 0.417. The van der Waals surface area contributed by atoms with Crippen molar-refractivity contribution in [2.45, 2.75) is 25.8 Å². The lowest BCUT2D eigenvalue weighted by molar-refractivity contribution is 0.826. The van der Waals surface area contributed by atoms with Crippen molar-refractivity contribution < 1.29 is 0 Å². The zero-order valence-electron chi connectivity index (χ0n) is 9.03. The number of amidine groups is 1. The Morgan fingerprint density at radius 2 is 2.00 bits per heavy atom. The molecule has 0 atom stereocenters. The first-order valence-corrected chi connectivity index (χ1v) is 5.43. The SMILES string of the molecule is CCN(c1ccc(C(=N)N)cc1)C1CC1. The topological polar surface area (TPSA) is 53.1 Å². The second-order valence-electron chi connectivity index (χ2n) is 3.98. The summed E-state index contributed by atoms with van der Waals surface area (Å²) in [7, 11) is 0. The van der Waals surface area contributed by atoms with Crippen molar-refractivity contribution in [3.63, 3.8) is 0 Å². The van der Waals surface area contributed by atoms with Crippen LogP contribution in [0.5, 0.6) is 0 Å². The maximum atomic E-state index is 7.32. The van der Waals surface area contributed by atoms with Gasteiger partial charge in [-0.05, 0) is 44.0 Å². The highest BCUT2D eigenvalue weighted by molar-refractivity contribution is 5.95. The summed E-state index contributed by atoms with van der Waals surface area (Å²) in [4.78, 5) is 2.41. The van der Waals surface area contributed by atoms with Crippen LogP contribution in [0.4, 0.5) is 5.69 Å². The average molecular weight is 203 g/mol. The third-order valence-corrected chi connectivity index (χ3v) is 2.84. The summed E-state index contributed by atoms with van der Waals surface area (Å²) >= 11 is 0. The number of benzene rings is 1. The molecule has 1 aromatic carbocycles. The van der Waals surface area contributed by atoms with Crippen molar-refractivity contribution in [3.8, 4) is 0 Å². The first-order chi connectivity index (χ1) is 7.22. The van der Waals surface area contributed by atoms with E-state index in [4.69, 9.17) is 11.1 Å². The molecular weight excluding hydrogens is 186 g/mol. The Labute approximate surface area is 90.4 Å². The first-order valence-electron chi connectivity index (χ1n) is 5.43. The minimum Gasteiger partial charge on any atom is -0.384 e. The molecule has 1 fully saturated rings. The summed E-state index contributed by atoms with van der Waals surface area (Å²) in [6.07, 6.45) is 2.62. The Hall–Kier alpha value is -1.51. The minimum atomic E-state index is 0.135. The average Bonchev–Trinajstić information content (AvgIpc) is 3.04. The molecule has 0 aliphatic heterocycles. The largest absolute Gasteiger partial charge is 0.384 e. The van der Waals surface area contributed by atoms with Crippen LogP contribution >= 0.6 is 0 Å². The van der Waals surface area contributed by atoms with E-state index in [2.05, 4.69) is 24.0 Å². The second kappa shape index (κ2) is 3.93. The van der Waals surface area contributed by atoms with E-state index >= 15 is 0 Å². The molecule has 0 radical (unpaired) electrons. The first kappa shape index (κ1) is 10.0. The predicted octanol–water partition coefficient (Wildman–Crippen LogP) is 1.96. The Kier molecular flexibility index (Phi) is 2.62. The molecular formula is C12H17N3. The Morgan fingerprint density at radius 3 is 2.40 bits per heavy atom. The summed E-state index contributed by atoms with van der Waals surface area (Å²) in [5.74, 6) is 0.135. The Balaban J connectivity index is 2.17. The summed E-state index contributed by atoms with van der Waals surface area (Å²) in [6.45, 7) is 3.22. The van der Waals surface area contributed by atoms with E-state index in [1.807, 2.05) is 12.1 Å². The molecule has 0 unspecified atom stereocenters. The monoisotopic (exact) mass is 203 g/mol. The van der Waals surface area contributed by atoms with Gasteiger partial charge in [-0.2, -0.15) is 0 Å². The zero-order chi connectivity index (χ0) is 10.8. The molecule has 0 aromatic heterocycles. The van der Waals surface area contributed by atoms with Crippen molar-refractivity contribution >= 4 is 11.5 Å². The van der Waals surface area contributed by atoms with E-state index in [1.165, 1.54) is 18.5 Å². The third-order valence-electron chi connectivity index (χ3n) is 2.84. The number of nitrogens with one attached hydrogen (secondary N) is 1. The molecule has 0 spiro atoms. The molecule has 1 saturated carbocycles. The van der Waals surface area contributed by atoms with E-state index in [9.17, 15) is 0 Å². The maximum absolute atomic E-state index is 7.32. The van der Waals surface area contributed by atoms with Crippen LogP contribution < -0.4 is 10.6 Å². The van der Waals surface area contributed by atoms with Crippen molar-refractivity contribution in [1.82, 2.24) is 0 Å². The molecule has 3 N–H and O–H groups in total. The minimum absolute atomic E-state index is 0.135. The summed E-state index contributed by atoms with van der Waals surface area (Å²) in [6, 6.07) is 8.68. The fourth-order valence-corrected chi connectivity index (χ4v) is 1.87. The van der Waals surface area contributed by atoms with Crippen LogP contribution in [0, 0.1) is 5.41 Å². The van der Waals surface area contributed by atoms with Gasteiger partial charge in [0.25, 0.3) is 0 Å². The Morgan fingerprint density at radius 1 is 1.40 bits per heavy atom. The molecule has 0 amide bonds. The van der Waals surface area contributed by atoms with Gasteiger partial charge in [0.15, 0.2) is 0 Å². The van der Waals surface area contributed by atoms with Crippen LogP contribution in [0.1, 0.15) is 25.3 Å². The van der Waals surface area contributed by atoms with E-state index < -0.39 is 0 Å². The molecule has 0 heterocycles. The van der Waals surface area contributed by atoms with Crippen LogP contribution in [0.15, 0.2) is 24.3 Å². The van der Waals surface area contributed by atoms with Crippen molar-refractivity contribution in [2.24, 2.45) is 5.73 Å². The van der Waals surface area contributed by atoms with Gasteiger partial charge in [-0.15, -0.1) is 0 Å². The van der Waals surface area contributed by atoms with Gasteiger partial charge in [0.05, 0.1) is 0 Å². The molecule has 15 heavy (non-hydrogen) atoms. The van der Waals surface area contributed by atoms with Crippen LogP contribution in [-0.4, -0.2) is 18.4 Å². The van der Waals surface area contributed by atoms with Crippen LogP contribution in [0.2, 0.25) is 0 Å². The zero-order valence-corrected chi connectivity index (χ0v) is 9.03. The van der Waals surface area contributed by atoms with Gasteiger partial charge in [-0.25, -0.2) is 0 Å². The van der Waals surface area contributed by atoms with Crippen LogP contribution in [0.25, 0.3) is 0 Å². The third kappa shape index (κ3) is 2.12. The molecule has 2 rings (SSSR count). The number of rotatable bonds is 4. The van der Waals surface area contributed by atoms with Crippen molar-refractivity contribution in [2.75, 3.05) is 11.4 Å². The van der Waals surface area contributed by atoms with Crippen molar-refractivity contribution in [3.05, 3.63) is 29.8 Å². The van der Waals surface area contributed by atoms with Crippen LogP contribution in [-0.2, 0) is 0 Å². The lowest BCUT2D eigenvalue weighted by Gasteiger charge is -2.22. The molecule has 0 bridgehead atoms. The quantitative estimate of drug-likeness (QED) is 0.580. The summed E-state index contributed by atoms with van der Waals surface area (Å²) in [5, 5.41) is 7.32. The van der Waals surface area contributed by atoms with Gasteiger partial charge in [0, 0.05) is 23.8 Å². The highest BCUT2D eigenvalue weighted by Crippen LogP contribution is 2.31. The smallest absolute Gasteiger partial charge is 0.122 e. The van der Waals surface area contributed by atoms with E-state index in [0.29, 0.717) is 0 Å². The van der Waals surface area contributed by atoms with Gasteiger partial charge >= 0.3 is 0 Å². The second-order valence-corrected chi connectivity index (χ2v) is 3.98. The van der Waals surface area contributed by atoms with Gasteiger partial charge in [0.1, 0.15) is 5.84 Å². The molecule has 3 nitrogen and oxygen atoms in total. The van der Waals surface area contributed by atoms with Gasteiger partial charge < -0.3 is 10.6 Å². The molecule has 1 aliphatic carbocycles. The molecule has 1 aliphatic rings. The predicted molar refractivity (Wildman–Crippen MR) is 63.5 cm³/mol. The standard InChI is InChI=1S/C12H17N3/c1-2-15(11-7-8-11)10-5-3-9(4-6-10)12(13)14/h3-6,11H,2,7-8H2,1H3,(H3,13,14). The number of anilines is 1. The van der Waals surface area contributed by atoms with Crippen LogP contribution in [0.3, 0.4) is 0 Å². The molecule has 3 heteroatoms. The molecule has 80 valence electrons. The van der Waals surface area contributed by atoms with Gasteiger partial charge in [-0.1, -0.05) is 0 Å². The number of hydrogen-bond acceptors (Lipinski definition) is 2. The fourth-order valence-electron chi connectivity index (χ4n) is 1.87. The normalized spacial score (nSPS) is 15.0. The maximum Gasteiger partial charge on any atom is 0.122 e. The van der Waals surface area contributed by atoms with E-state index in [-0.39, 0.29) is 5.84 Å². The summed E-state index contributed by atoms with van der Waals surface area (Å²) in [5.41, 5.74) is 7.45. The van der Waals surface area contributed by atoms with Gasteiger partial charge in [0.2, 0.25) is 0 Å². The highest BCUT2D eigenvalue weighted by atomic mass is 15.2. The Bertz CT molecular complexity index is 352. The number of nitrogens with two attached hydrogens (primary N) is 1. The molecule has 0 saturated heterocycles. The lowest BCUT2D eigenvalue weighted by atomic mass is 10.2. The molecule has 1 aromatic rings. The number of hydrogen-bond donors (Lipinski definition) is 2. The highest BCUT2D eigenvalue weighted by Gasteiger charge is 2.27. The van der Waals surface area contributed by atoms with Gasteiger partial charge in [-0.3, -0.25) is 5.41 Å². The summed E-state index contributed by atoms with van der Waals surface area (Å²) < 4.78 is 0. The van der Waals surface area contributed by atoms with Crippen molar-refractivity contribution in [1.29, 1.82) is 5.41 Å². The number of nitrogens with zero attached hydrogens (tertiary/aromatic N) is 1. The number of nitrogen functional groups attached to an aromatic ring is 1. The van der Waals surface area contributed by atoms with E-state index in [1.54, 1.807) is 0 Å². The lowest BCUT2D eigenvalue weighted by Crippen LogP contribution is -2.25. The van der Waals surface area contributed by atoms with E-state index in [0.717, 1.165) is 18.2 Å².